The molecule has 2 rings (SSSR count). The van der Waals surface area contributed by atoms with Gasteiger partial charge in [0.2, 0.25) is 0 Å². The first-order chi connectivity index (χ1) is 10.0. The summed E-state index contributed by atoms with van der Waals surface area (Å²) in [7, 11) is 0. The number of rotatable bonds is 9. The predicted octanol–water partition coefficient (Wildman–Crippen LogP) is -0.788. The zero-order valence-electron chi connectivity index (χ0n) is 11.7. The fourth-order valence-corrected chi connectivity index (χ4v) is 1.13. The third kappa shape index (κ3) is 9.78. The van der Waals surface area contributed by atoms with E-state index >= 15 is 0 Å². The number of hydrogen-bond acceptors (Lipinski definition) is 7. The van der Waals surface area contributed by atoms with Crippen LogP contribution in [0, 0.1) is 0 Å². The van der Waals surface area contributed by atoms with Crippen LogP contribution in [-0.2, 0) is 28.5 Å². The zero-order valence-corrected chi connectivity index (χ0v) is 11.7. The van der Waals surface area contributed by atoms with E-state index in [1.807, 2.05) is 0 Å². The van der Waals surface area contributed by atoms with Gasteiger partial charge in [0.1, 0.15) is 18.8 Å². The lowest BCUT2D eigenvalue weighted by atomic mass is 10.2. The van der Waals surface area contributed by atoms with Crippen LogP contribution >= 0.6 is 0 Å². The monoisotopic (exact) mass is 299 g/mol. The van der Waals surface area contributed by atoms with E-state index in [0.29, 0.717) is 19.3 Å². The Bertz CT molecular complexity index is 383. The fraction of sp³-hybridized carbons (Fsp3) is 0.571. The van der Waals surface area contributed by atoms with Crippen molar-refractivity contribution >= 4 is 11.9 Å². The first kappa shape index (κ1) is 17.4. The molecule has 7 nitrogen and oxygen atoms in total. The van der Waals surface area contributed by atoms with Crippen LogP contribution in [-0.4, -0.2) is 57.2 Å². The molecule has 2 atom stereocenters. The van der Waals surface area contributed by atoms with Crippen molar-refractivity contribution in [2.75, 3.05) is 33.0 Å². The molecule has 2 saturated heterocycles. The lowest BCUT2D eigenvalue weighted by Crippen LogP contribution is -2.24. The average molecular weight is 299 g/mol. The topological polar surface area (TPSA) is 101 Å². The number of carboxylic acid groups (broad SMARTS) is 1. The summed E-state index contributed by atoms with van der Waals surface area (Å²) in [4.78, 5) is 21.0. The molecule has 0 spiro atoms. The second-order valence-corrected chi connectivity index (χ2v) is 4.49. The normalized spacial score (nSPS) is 21.5. The van der Waals surface area contributed by atoms with Crippen LogP contribution in [0.1, 0.15) is 6.42 Å². The molecule has 0 radical (unpaired) electrons. The number of ether oxygens (including phenoxy) is 4. The molecule has 21 heavy (non-hydrogen) atoms. The van der Waals surface area contributed by atoms with Gasteiger partial charge in [0, 0.05) is 18.0 Å². The maximum atomic E-state index is 10.9. The maximum absolute atomic E-state index is 10.9. The third-order valence-corrected chi connectivity index (χ3v) is 2.39. The molecular weight excluding hydrogens is 280 g/mol. The van der Waals surface area contributed by atoms with Crippen molar-refractivity contribution in [1.82, 2.24) is 0 Å². The number of carboxylic acids is 1. The highest BCUT2D eigenvalue weighted by molar-refractivity contribution is 5.92. The highest BCUT2D eigenvalue weighted by Gasteiger charge is 2.24. The van der Waals surface area contributed by atoms with Gasteiger partial charge in [-0.2, -0.15) is 0 Å². The van der Waals surface area contributed by atoms with E-state index in [2.05, 4.69) is 17.9 Å². The summed E-state index contributed by atoms with van der Waals surface area (Å²) in [5.41, 5.74) is -0.111. The van der Waals surface area contributed by atoms with E-state index in [9.17, 15) is 14.7 Å². The molecule has 2 fully saturated rings. The smallest absolute Gasteiger partial charge is 0.333 e. The van der Waals surface area contributed by atoms with Crippen molar-refractivity contribution in [2.45, 2.75) is 18.6 Å². The molecule has 118 valence electrons. The van der Waals surface area contributed by atoms with Gasteiger partial charge in [-0.1, -0.05) is 12.7 Å². The first-order valence-electron chi connectivity index (χ1n) is 6.49. The summed E-state index contributed by atoms with van der Waals surface area (Å²) in [6, 6.07) is 0. The maximum Gasteiger partial charge on any atom is 0.333 e. The van der Waals surface area contributed by atoms with Crippen LogP contribution in [0.15, 0.2) is 24.8 Å². The van der Waals surface area contributed by atoms with Crippen LogP contribution in [0.2, 0.25) is 0 Å². The van der Waals surface area contributed by atoms with Crippen LogP contribution in [0.3, 0.4) is 0 Å². The van der Waals surface area contributed by atoms with E-state index in [1.165, 1.54) is 0 Å². The Balaban J connectivity index is 0.000000235. The average Bonchev–Trinajstić information content (AvgIpc) is 3.30. The molecule has 2 unspecified atom stereocenters. The lowest BCUT2D eigenvalue weighted by Gasteiger charge is -2.05. The Morgan fingerprint density at radius 3 is 2.29 bits per heavy atom. The zero-order chi connectivity index (χ0) is 15.7. The SMILES string of the molecule is C=C(CC(=O)[O-])C(=O)OCC1CO1.C=CCOCC1CO1. The van der Waals surface area contributed by atoms with Gasteiger partial charge >= 0.3 is 5.97 Å². The third-order valence-electron chi connectivity index (χ3n) is 2.39. The summed E-state index contributed by atoms with van der Waals surface area (Å²) in [5.74, 6) is -2.05. The van der Waals surface area contributed by atoms with Gasteiger partial charge in [-0.3, -0.25) is 0 Å². The molecular formula is C14H19O7-. The summed E-state index contributed by atoms with van der Waals surface area (Å²) >= 11 is 0. The Labute approximate surface area is 123 Å². The molecule has 0 bridgehead atoms. The predicted molar refractivity (Wildman–Crippen MR) is 70.2 cm³/mol. The van der Waals surface area contributed by atoms with Crippen molar-refractivity contribution in [3.05, 3.63) is 24.8 Å². The van der Waals surface area contributed by atoms with Gasteiger partial charge < -0.3 is 28.8 Å². The van der Waals surface area contributed by atoms with Crippen LogP contribution in [0.4, 0.5) is 0 Å². The number of esters is 1. The van der Waals surface area contributed by atoms with Gasteiger partial charge in [-0.05, 0) is 0 Å². The fourth-order valence-electron chi connectivity index (χ4n) is 1.13. The van der Waals surface area contributed by atoms with E-state index in [0.717, 1.165) is 13.2 Å². The minimum atomic E-state index is -1.34. The number of carbonyl (C=O) groups is 2. The minimum absolute atomic E-state index is 0.0281. The molecule has 2 aliphatic heterocycles. The number of epoxide rings is 2. The number of carbonyl (C=O) groups excluding carboxylic acids is 2. The lowest BCUT2D eigenvalue weighted by molar-refractivity contribution is -0.304. The Kier molecular flexibility index (Phi) is 7.66. The van der Waals surface area contributed by atoms with Crippen molar-refractivity contribution in [3.8, 4) is 0 Å². The van der Waals surface area contributed by atoms with Gasteiger partial charge in [-0.25, -0.2) is 4.79 Å². The Morgan fingerprint density at radius 2 is 1.81 bits per heavy atom. The molecule has 2 heterocycles. The molecule has 7 heteroatoms. The molecule has 0 aromatic rings. The summed E-state index contributed by atoms with van der Waals surface area (Å²) in [5, 5.41) is 10.1. The first-order valence-corrected chi connectivity index (χ1v) is 6.49. The van der Waals surface area contributed by atoms with E-state index in [4.69, 9.17) is 14.2 Å². The highest BCUT2D eigenvalue weighted by atomic mass is 16.6. The van der Waals surface area contributed by atoms with Crippen LogP contribution in [0.25, 0.3) is 0 Å². The summed E-state index contributed by atoms with van der Waals surface area (Å²) in [6.07, 6.45) is 1.60. The minimum Gasteiger partial charge on any atom is -0.550 e. The van der Waals surface area contributed by atoms with Crippen molar-refractivity contribution in [2.24, 2.45) is 0 Å². The van der Waals surface area contributed by atoms with Gasteiger partial charge in [0.15, 0.2) is 0 Å². The molecule has 0 aromatic carbocycles. The number of aliphatic carboxylic acids is 1. The standard InChI is InChI=1S/C8H10O5.C6H10O2/c1-5(2-7(9)10)8(11)13-4-6-3-12-6;1-2-3-7-4-6-5-8-6/h6H,1-4H2,(H,9,10);2,6H,1,3-5H2/p-1. The van der Waals surface area contributed by atoms with Crippen molar-refractivity contribution in [1.29, 1.82) is 0 Å². The van der Waals surface area contributed by atoms with Crippen LogP contribution < -0.4 is 5.11 Å². The van der Waals surface area contributed by atoms with E-state index in [1.54, 1.807) is 6.08 Å². The second-order valence-electron chi connectivity index (χ2n) is 4.49. The van der Waals surface area contributed by atoms with E-state index < -0.39 is 18.4 Å². The summed E-state index contributed by atoms with van der Waals surface area (Å²) in [6.45, 7) is 9.75. The molecule has 0 saturated carbocycles. The van der Waals surface area contributed by atoms with Gasteiger partial charge in [-0.15, -0.1) is 6.58 Å². The molecule has 0 N–H and O–H groups in total. The van der Waals surface area contributed by atoms with Gasteiger partial charge in [0.25, 0.3) is 0 Å². The summed E-state index contributed by atoms with van der Waals surface area (Å²) < 4.78 is 19.4. The number of hydrogen-bond donors (Lipinski definition) is 0. The Hall–Kier alpha value is -1.70. The van der Waals surface area contributed by atoms with Gasteiger partial charge in [0.05, 0.1) is 26.4 Å². The van der Waals surface area contributed by atoms with Crippen LogP contribution in [0.5, 0.6) is 0 Å². The molecule has 2 aliphatic rings. The molecule has 0 aliphatic carbocycles. The van der Waals surface area contributed by atoms with Crippen molar-refractivity contribution in [3.63, 3.8) is 0 Å². The molecule has 0 aromatic heterocycles. The second kappa shape index (κ2) is 9.28. The van der Waals surface area contributed by atoms with Crippen molar-refractivity contribution < 1.29 is 33.6 Å². The largest absolute Gasteiger partial charge is 0.550 e. The molecule has 0 amide bonds. The van der Waals surface area contributed by atoms with E-state index in [-0.39, 0.29) is 18.3 Å². The highest BCUT2D eigenvalue weighted by Crippen LogP contribution is 2.10. The Morgan fingerprint density at radius 1 is 1.24 bits per heavy atom. The quantitative estimate of drug-likeness (QED) is 0.181.